The Hall–Kier alpha value is -2.04. The minimum absolute atomic E-state index is 0.0422. The standard InChI is InChI=1S/C17H17ClN2O.C6H15N/c1-2-11-12-5-3-4-6-13(12)16(20-17(11)21)14-9-10(18)7-8-15(14)19;1-5(2)7-6(3)4/h3-9,11,16H,2,19H2,1H3,(H,20,21);5-7H,1-4H3. The lowest BCUT2D eigenvalue weighted by molar-refractivity contribution is -0.123. The number of halogens is 1. The number of hydrogen-bond donors (Lipinski definition) is 3. The number of benzene rings is 2. The Morgan fingerprint density at radius 3 is 2.18 bits per heavy atom. The zero-order valence-corrected chi connectivity index (χ0v) is 18.2. The summed E-state index contributed by atoms with van der Waals surface area (Å²) in [4.78, 5) is 12.4. The maximum absolute atomic E-state index is 12.4. The predicted octanol–water partition coefficient (Wildman–Crippen LogP) is 5.03. The van der Waals surface area contributed by atoms with Crippen LogP contribution in [-0.4, -0.2) is 18.0 Å². The van der Waals surface area contributed by atoms with E-state index in [0.717, 1.165) is 23.1 Å². The highest BCUT2D eigenvalue weighted by atomic mass is 35.5. The third kappa shape index (κ3) is 5.49. The van der Waals surface area contributed by atoms with E-state index in [1.54, 1.807) is 12.1 Å². The van der Waals surface area contributed by atoms with Gasteiger partial charge in [-0.2, -0.15) is 0 Å². The molecule has 2 aromatic rings. The topological polar surface area (TPSA) is 67.2 Å². The summed E-state index contributed by atoms with van der Waals surface area (Å²) >= 11 is 6.09. The summed E-state index contributed by atoms with van der Waals surface area (Å²) in [6, 6.07) is 14.4. The molecule has 28 heavy (non-hydrogen) atoms. The highest BCUT2D eigenvalue weighted by Gasteiger charge is 2.33. The van der Waals surface area contributed by atoms with E-state index in [0.29, 0.717) is 22.8 Å². The summed E-state index contributed by atoms with van der Waals surface area (Å²) in [6.45, 7) is 10.6. The van der Waals surface area contributed by atoms with Crippen LogP contribution in [0.4, 0.5) is 5.69 Å². The lowest BCUT2D eigenvalue weighted by atomic mass is 9.82. The fourth-order valence-corrected chi connectivity index (χ4v) is 3.85. The van der Waals surface area contributed by atoms with Crippen molar-refractivity contribution in [2.45, 2.75) is 65.1 Å². The van der Waals surface area contributed by atoms with Gasteiger partial charge in [-0.15, -0.1) is 0 Å². The first kappa shape index (κ1) is 22.3. The van der Waals surface area contributed by atoms with Gasteiger partial charge in [0.05, 0.1) is 12.0 Å². The molecule has 0 aromatic heterocycles. The van der Waals surface area contributed by atoms with E-state index in [1.165, 1.54) is 0 Å². The molecule has 1 amide bonds. The number of hydrogen-bond acceptors (Lipinski definition) is 3. The van der Waals surface area contributed by atoms with Gasteiger partial charge in [-0.05, 0) is 35.7 Å². The average Bonchev–Trinajstić information content (AvgIpc) is 2.62. The van der Waals surface area contributed by atoms with Crippen LogP contribution in [-0.2, 0) is 4.79 Å². The SMILES string of the molecule is CC(C)NC(C)C.CCC1C(=O)NC(c2cc(Cl)ccc2N)c2ccccc21. The minimum Gasteiger partial charge on any atom is -0.398 e. The average molecular weight is 402 g/mol. The van der Waals surface area contributed by atoms with Crippen molar-refractivity contribution in [2.75, 3.05) is 5.73 Å². The van der Waals surface area contributed by atoms with Crippen LogP contribution in [0.15, 0.2) is 42.5 Å². The van der Waals surface area contributed by atoms with Crippen LogP contribution in [0.2, 0.25) is 5.02 Å². The van der Waals surface area contributed by atoms with E-state index in [2.05, 4.69) is 38.3 Å². The largest absolute Gasteiger partial charge is 0.398 e. The van der Waals surface area contributed by atoms with Crippen molar-refractivity contribution in [1.82, 2.24) is 10.6 Å². The van der Waals surface area contributed by atoms with Gasteiger partial charge in [-0.25, -0.2) is 0 Å². The third-order valence-electron chi connectivity index (χ3n) is 4.72. The van der Waals surface area contributed by atoms with Crippen molar-refractivity contribution in [2.24, 2.45) is 0 Å². The van der Waals surface area contributed by atoms with Gasteiger partial charge in [0.15, 0.2) is 0 Å². The Morgan fingerprint density at radius 1 is 1.04 bits per heavy atom. The lowest BCUT2D eigenvalue weighted by Gasteiger charge is -2.32. The second kappa shape index (κ2) is 9.94. The third-order valence-corrected chi connectivity index (χ3v) is 4.96. The van der Waals surface area contributed by atoms with Gasteiger partial charge in [-0.1, -0.05) is 70.5 Å². The van der Waals surface area contributed by atoms with Crippen LogP contribution in [0.3, 0.4) is 0 Å². The van der Waals surface area contributed by atoms with Crippen molar-refractivity contribution in [1.29, 1.82) is 0 Å². The quantitative estimate of drug-likeness (QED) is 0.629. The number of nitrogens with one attached hydrogen (secondary N) is 2. The minimum atomic E-state index is -0.241. The predicted molar refractivity (Wildman–Crippen MR) is 119 cm³/mol. The molecule has 0 aliphatic carbocycles. The first-order chi connectivity index (χ1) is 13.2. The summed E-state index contributed by atoms with van der Waals surface area (Å²) in [6.07, 6.45) is 0.778. The number of rotatable bonds is 4. The molecule has 1 heterocycles. The maximum Gasteiger partial charge on any atom is 0.228 e. The van der Waals surface area contributed by atoms with E-state index in [-0.39, 0.29) is 17.9 Å². The Labute approximate surface area is 173 Å². The van der Waals surface area contributed by atoms with Gasteiger partial charge in [0.25, 0.3) is 0 Å². The molecule has 0 saturated carbocycles. The highest BCUT2D eigenvalue weighted by Crippen LogP contribution is 2.38. The van der Waals surface area contributed by atoms with Crippen molar-refractivity contribution in [3.63, 3.8) is 0 Å². The molecule has 0 spiro atoms. The van der Waals surface area contributed by atoms with E-state index in [1.807, 2.05) is 37.3 Å². The molecule has 3 rings (SSSR count). The summed E-state index contributed by atoms with van der Waals surface area (Å²) in [7, 11) is 0. The van der Waals surface area contributed by atoms with Crippen molar-refractivity contribution >= 4 is 23.2 Å². The molecule has 0 bridgehead atoms. The molecular weight excluding hydrogens is 370 g/mol. The smallest absolute Gasteiger partial charge is 0.228 e. The van der Waals surface area contributed by atoms with E-state index in [4.69, 9.17) is 17.3 Å². The summed E-state index contributed by atoms with van der Waals surface area (Å²) < 4.78 is 0. The molecule has 1 aliphatic rings. The van der Waals surface area contributed by atoms with Gasteiger partial charge < -0.3 is 16.4 Å². The Bertz CT molecular complexity index is 798. The van der Waals surface area contributed by atoms with Crippen LogP contribution in [0.1, 0.15) is 69.7 Å². The van der Waals surface area contributed by atoms with E-state index < -0.39 is 0 Å². The van der Waals surface area contributed by atoms with Crippen molar-refractivity contribution < 1.29 is 4.79 Å². The zero-order chi connectivity index (χ0) is 20.8. The molecule has 2 unspecified atom stereocenters. The molecular formula is C23H32ClN3O. The fraction of sp³-hybridized carbons (Fsp3) is 0.435. The van der Waals surface area contributed by atoms with Crippen LogP contribution in [0.5, 0.6) is 0 Å². The second-order valence-corrected chi connectivity index (χ2v) is 8.22. The summed E-state index contributed by atoms with van der Waals surface area (Å²) in [5, 5.41) is 7.00. The normalized spacial score (nSPS) is 18.4. The van der Waals surface area contributed by atoms with Gasteiger partial charge in [-0.3, -0.25) is 4.79 Å². The first-order valence-corrected chi connectivity index (χ1v) is 10.3. The molecule has 2 aromatic carbocycles. The number of anilines is 1. The Balaban J connectivity index is 0.000000345. The number of fused-ring (bicyclic) bond motifs is 1. The first-order valence-electron chi connectivity index (χ1n) is 9.94. The van der Waals surface area contributed by atoms with E-state index in [9.17, 15) is 4.79 Å². The van der Waals surface area contributed by atoms with Crippen LogP contribution in [0, 0.1) is 0 Å². The van der Waals surface area contributed by atoms with Crippen LogP contribution in [0.25, 0.3) is 0 Å². The number of amides is 1. The summed E-state index contributed by atoms with van der Waals surface area (Å²) in [5.41, 5.74) is 9.73. The Morgan fingerprint density at radius 2 is 1.64 bits per heavy atom. The van der Waals surface area contributed by atoms with Gasteiger partial charge in [0, 0.05) is 28.4 Å². The summed E-state index contributed by atoms with van der Waals surface area (Å²) in [5.74, 6) is -0.0570. The second-order valence-electron chi connectivity index (χ2n) is 7.78. The fourth-order valence-electron chi connectivity index (χ4n) is 3.67. The number of carbonyl (C=O) groups is 1. The van der Waals surface area contributed by atoms with Gasteiger partial charge >= 0.3 is 0 Å². The highest BCUT2D eigenvalue weighted by molar-refractivity contribution is 6.30. The maximum atomic E-state index is 12.4. The molecule has 1 aliphatic heterocycles. The molecule has 5 heteroatoms. The molecule has 0 radical (unpaired) electrons. The molecule has 152 valence electrons. The molecule has 4 nitrogen and oxygen atoms in total. The lowest BCUT2D eigenvalue weighted by Crippen LogP contribution is -2.39. The number of nitrogens with two attached hydrogens (primary N) is 1. The van der Waals surface area contributed by atoms with Crippen LogP contribution >= 0.6 is 11.6 Å². The Kier molecular flexibility index (Phi) is 7.90. The molecule has 2 atom stereocenters. The van der Waals surface area contributed by atoms with Crippen molar-refractivity contribution in [3.05, 3.63) is 64.2 Å². The van der Waals surface area contributed by atoms with Gasteiger partial charge in [0.1, 0.15) is 0 Å². The number of nitrogen functional groups attached to an aromatic ring is 1. The van der Waals surface area contributed by atoms with E-state index >= 15 is 0 Å². The number of carbonyl (C=O) groups excluding carboxylic acids is 1. The molecule has 4 N–H and O–H groups in total. The van der Waals surface area contributed by atoms with Gasteiger partial charge in [0.2, 0.25) is 5.91 Å². The monoisotopic (exact) mass is 401 g/mol. The molecule has 0 saturated heterocycles. The van der Waals surface area contributed by atoms with Crippen LogP contribution < -0.4 is 16.4 Å². The van der Waals surface area contributed by atoms with Crippen molar-refractivity contribution in [3.8, 4) is 0 Å². The molecule has 0 fully saturated rings. The zero-order valence-electron chi connectivity index (χ0n) is 17.4.